The highest BCUT2D eigenvalue weighted by atomic mass is 19.3. The zero-order valence-corrected chi connectivity index (χ0v) is 8.61. The van der Waals surface area contributed by atoms with E-state index in [1.165, 1.54) is 0 Å². The molecule has 0 bridgehead atoms. The Morgan fingerprint density at radius 3 is 2.82 bits per heavy atom. The van der Waals surface area contributed by atoms with Crippen molar-refractivity contribution in [2.24, 2.45) is 5.92 Å². The van der Waals surface area contributed by atoms with Gasteiger partial charge in [-0.05, 0) is 6.42 Å². The molecule has 2 atom stereocenters. The minimum Gasteiger partial charge on any atom is -0.396 e. The zero-order valence-electron chi connectivity index (χ0n) is 8.61. The molecular formula is C9H10F3N3O2. The highest BCUT2D eigenvalue weighted by molar-refractivity contribution is 5.27. The summed E-state index contributed by atoms with van der Waals surface area (Å²) in [7, 11) is 0. The third-order valence-electron chi connectivity index (χ3n) is 2.99. The third-order valence-corrected chi connectivity index (χ3v) is 2.99. The van der Waals surface area contributed by atoms with Crippen molar-refractivity contribution in [3.63, 3.8) is 0 Å². The van der Waals surface area contributed by atoms with Crippen LogP contribution in [0.15, 0.2) is 11.0 Å². The molecule has 5 nitrogen and oxygen atoms in total. The molecule has 3 N–H and O–H groups in total. The summed E-state index contributed by atoms with van der Waals surface area (Å²) in [5.41, 5.74) is 4.02. The van der Waals surface area contributed by atoms with Gasteiger partial charge in [-0.3, -0.25) is 4.57 Å². The molecule has 0 radical (unpaired) electrons. The molecule has 1 aliphatic rings. The Morgan fingerprint density at radius 2 is 2.29 bits per heavy atom. The van der Waals surface area contributed by atoms with Crippen molar-refractivity contribution in [2.45, 2.75) is 18.4 Å². The molecule has 1 aromatic heterocycles. The summed E-state index contributed by atoms with van der Waals surface area (Å²) in [4.78, 5) is 14.4. The number of hydrogen-bond acceptors (Lipinski definition) is 4. The van der Waals surface area contributed by atoms with E-state index in [9.17, 15) is 18.0 Å². The Bertz CT molecular complexity index is 503. The number of anilines is 1. The van der Waals surface area contributed by atoms with Gasteiger partial charge in [0.25, 0.3) is 5.92 Å². The fraction of sp³-hybridized carbons (Fsp3) is 0.556. The van der Waals surface area contributed by atoms with Crippen LogP contribution in [0.5, 0.6) is 0 Å². The van der Waals surface area contributed by atoms with Crippen LogP contribution < -0.4 is 11.4 Å². The van der Waals surface area contributed by atoms with Crippen LogP contribution in [-0.2, 0) is 0 Å². The Kier molecular flexibility index (Phi) is 2.61. The average molecular weight is 249 g/mol. The maximum atomic E-state index is 13.5. The Labute approximate surface area is 93.7 Å². The average Bonchev–Trinajstić information content (AvgIpc) is 2.24. The van der Waals surface area contributed by atoms with Crippen molar-refractivity contribution >= 4 is 5.82 Å². The summed E-state index contributed by atoms with van der Waals surface area (Å²) in [5, 5.41) is 8.68. The van der Waals surface area contributed by atoms with Gasteiger partial charge in [-0.1, -0.05) is 0 Å². The van der Waals surface area contributed by atoms with Gasteiger partial charge in [-0.25, -0.2) is 18.0 Å². The van der Waals surface area contributed by atoms with Crippen molar-refractivity contribution in [1.82, 2.24) is 9.55 Å². The topological polar surface area (TPSA) is 81.1 Å². The summed E-state index contributed by atoms with van der Waals surface area (Å²) in [6, 6.07) is -1.48. The predicted octanol–water partition coefficient (Wildman–Crippen LogP) is 0.153. The van der Waals surface area contributed by atoms with Crippen molar-refractivity contribution in [3.8, 4) is 0 Å². The van der Waals surface area contributed by atoms with Crippen LogP contribution in [0.4, 0.5) is 19.0 Å². The number of nitrogen functional groups attached to an aromatic ring is 1. The second-order valence-electron chi connectivity index (χ2n) is 3.97. The van der Waals surface area contributed by atoms with Gasteiger partial charge in [0.15, 0.2) is 11.6 Å². The first-order chi connectivity index (χ1) is 7.87. The Balaban J connectivity index is 2.38. The molecule has 0 saturated heterocycles. The standard InChI is InChI=1S/C9H10F3N3O2/c10-5-2-15(8(17)14-7(5)13)6-1-4(3-16)9(6,11)12/h2,4,6,16H,1,3H2,(H2,13,14,17)/t4-,6-/m1/s1. The molecule has 1 saturated carbocycles. The van der Waals surface area contributed by atoms with Crippen molar-refractivity contribution in [2.75, 3.05) is 12.3 Å². The quantitative estimate of drug-likeness (QED) is 0.782. The minimum absolute atomic E-state index is 0.103. The highest BCUT2D eigenvalue weighted by Gasteiger charge is 2.58. The number of hydrogen-bond donors (Lipinski definition) is 2. The molecule has 0 aliphatic heterocycles. The van der Waals surface area contributed by atoms with E-state index in [-0.39, 0.29) is 6.42 Å². The second kappa shape index (κ2) is 3.73. The molecule has 2 rings (SSSR count). The predicted molar refractivity (Wildman–Crippen MR) is 52.0 cm³/mol. The van der Waals surface area contributed by atoms with Gasteiger partial charge in [-0.15, -0.1) is 0 Å². The normalized spacial score (nSPS) is 26.6. The maximum absolute atomic E-state index is 13.5. The number of nitrogens with two attached hydrogens (primary N) is 1. The Morgan fingerprint density at radius 1 is 1.65 bits per heavy atom. The van der Waals surface area contributed by atoms with Gasteiger partial charge in [0.1, 0.15) is 6.04 Å². The first-order valence-corrected chi connectivity index (χ1v) is 4.90. The summed E-state index contributed by atoms with van der Waals surface area (Å²) >= 11 is 0. The van der Waals surface area contributed by atoms with E-state index in [2.05, 4.69) is 4.98 Å². The molecule has 0 spiro atoms. The third kappa shape index (κ3) is 1.68. The molecule has 1 aliphatic carbocycles. The molecule has 8 heteroatoms. The number of alkyl halides is 2. The van der Waals surface area contributed by atoms with Gasteiger partial charge < -0.3 is 10.8 Å². The lowest BCUT2D eigenvalue weighted by molar-refractivity contribution is -0.190. The first-order valence-electron chi connectivity index (χ1n) is 4.90. The van der Waals surface area contributed by atoms with E-state index in [0.29, 0.717) is 10.8 Å². The van der Waals surface area contributed by atoms with Crippen molar-refractivity contribution < 1.29 is 18.3 Å². The van der Waals surface area contributed by atoms with Crippen LogP contribution >= 0.6 is 0 Å². The van der Waals surface area contributed by atoms with Gasteiger partial charge in [-0.2, -0.15) is 4.98 Å². The number of aliphatic hydroxyl groups is 1. The van der Waals surface area contributed by atoms with E-state index >= 15 is 0 Å². The first kappa shape index (κ1) is 11.9. The molecule has 0 unspecified atom stereocenters. The van der Waals surface area contributed by atoms with E-state index in [1.54, 1.807) is 0 Å². The lowest BCUT2D eigenvalue weighted by atomic mass is 9.76. The van der Waals surface area contributed by atoms with Crippen LogP contribution in [0.3, 0.4) is 0 Å². The van der Waals surface area contributed by atoms with Crippen molar-refractivity contribution in [1.29, 1.82) is 0 Å². The fourth-order valence-electron chi connectivity index (χ4n) is 1.87. The number of aromatic nitrogens is 2. The number of nitrogens with zero attached hydrogens (tertiary/aromatic N) is 2. The molecule has 0 aromatic carbocycles. The molecular weight excluding hydrogens is 239 g/mol. The number of aliphatic hydroxyl groups excluding tert-OH is 1. The molecule has 94 valence electrons. The molecule has 1 fully saturated rings. The maximum Gasteiger partial charge on any atom is 0.350 e. The molecule has 0 amide bonds. The highest BCUT2D eigenvalue weighted by Crippen LogP contribution is 2.50. The van der Waals surface area contributed by atoms with Gasteiger partial charge in [0.2, 0.25) is 0 Å². The molecule has 1 aromatic rings. The Hall–Kier alpha value is -1.57. The summed E-state index contributed by atoms with van der Waals surface area (Å²) in [6.07, 6.45) is 0.519. The zero-order chi connectivity index (χ0) is 12.8. The summed E-state index contributed by atoms with van der Waals surface area (Å²) in [6.45, 7) is -0.677. The van der Waals surface area contributed by atoms with Gasteiger partial charge >= 0.3 is 5.69 Å². The number of rotatable bonds is 2. The lowest BCUT2D eigenvalue weighted by Crippen LogP contribution is -2.53. The van der Waals surface area contributed by atoms with E-state index in [0.717, 1.165) is 0 Å². The minimum atomic E-state index is -3.25. The van der Waals surface area contributed by atoms with Crippen LogP contribution in [0.2, 0.25) is 0 Å². The SMILES string of the molecule is Nc1nc(=O)n([C@@H]2C[C@H](CO)C2(F)F)cc1F. The lowest BCUT2D eigenvalue weighted by Gasteiger charge is -2.43. The monoisotopic (exact) mass is 249 g/mol. The van der Waals surface area contributed by atoms with Crippen LogP contribution in [-0.4, -0.2) is 27.2 Å². The fourth-order valence-corrected chi connectivity index (χ4v) is 1.87. The molecule has 1 heterocycles. The largest absolute Gasteiger partial charge is 0.396 e. The summed E-state index contributed by atoms with van der Waals surface area (Å²) < 4.78 is 40.5. The number of halogens is 3. The van der Waals surface area contributed by atoms with E-state index < -0.39 is 41.8 Å². The second-order valence-corrected chi connectivity index (χ2v) is 3.97. The smallest absolute Gasteiger partial charge is 0.350 e. The van der Waals surface area contributed by atoms with Crippen LogP contribution in [0.1, 0.15) is 12.5 Å². The van der Waals surface area contributed by atoms with Gasteiger partial charge in [0, 0.05) is 6.20 Å². The van der Waals surface area contributed by atoms with E-state index in [1.807, 2.05) is 0 Å². The van der Waals surface area contributed by atoms with Gasteiger partial charge in [0.05, 0.1) is 12.5 Å². The molecule has 17 heavy (non-hydrogen) atoms. The van der Waals surface area contributed by atoms with E-state index in [4.69, 9.17) is 10.8 Å². The van der Waals surface area contributed by atoms with Crippen LogP contribution in [0, 0.1) is 11.7 Å². The summed E-state index contributed by atoms with van der Waals surface area (Å²) in [5.74, 6) is -6.09. The van der Waals surface area contributed by atoms with Crippen molar-refractivity contribution in [3.05, 3.63) is 22.5 Å². The van der Waals surface area contributed by atoms with Crippen LogP contribution in [0.25, 0.3) is 0 Å².